The van der Waals surface area contributed by atoms with Gasteiger partial charge in [-0.2, -0.15) is 0 Å². The Morgan fingerprint density at radius 1 is 1.18 bits per heavy atom. The zero-order chi connectivity index (χ0) is 20.4. The summed E-state index contributed by atoms with van der Waals surface area (Å²) < 4.78 is 4.68. The third-order valence-electron chi connectivity index (χ3n) is 4.20. The van der Waals surface area contributed by atoms with Crippen molar-refractivity contribution in [1.82, 2.24) is 10.2 Å². The lowest BCUT2D eigenvalue weighted by atomic mass is 10.0. The average Bonchev–Trinajstić information content (AvgIpc) is 2.87. The van der Waals surface area contributed by atoms with Gasteiger partial charge in [0, 0.05) is 6.42 Å². The number of fused-ring (bicyclic) bond motifs is 1. The summed E-state index contributed by atoms with van der Waals surface area (Å²) in [4.78, 5) is 71.9. The van der Waals surface area contributed by atoms with Gasteiger partial charge in [0.2, 0.25) is 17.7 Å². The third-order valence-corrected chi connectivity index (χ3v) is 4.20. The van der Waals surface area contributed by atoms with Crippen LogP contribution in [0, 0.1) is 0 Å². The van der Waals surface area contributed by atoms with E-state index in [4.69, 9.17) is 5.11 Å². The van der Waals surface area contributed by atoms with E-state index < -0.39 is 54.8 Å². The van der Waals surface area contributed by atoms with Crippen LogP contribution in [0.5, 0.6) is 0 Å². The van der Waals surface area contributed by atoms with E-state index in [2.05, 4.69) is 15.4 Å². The number of ether oxygens (including phenoxy) is 1. The molecule has 0 aromatic heterocycles. The maximum atomic E-state index is 12.8. The topological polar surface area (TPSA) is 159 Å². The summed E-state index contributed by atoms with van der Waals surface area (Å²) in [5.74, 6) is -4.64. The molecule has 28 heavy (non-hydrogen) atoms. The van der Waals surface area contributed by atoms with Gasteiger partial charge in [0.05, 0.1) is 16.8 Å². The van der Waals surface area contributed by atoms with Gasteiger partial charge in [0.15, 0.2) is 0 Å². The number of nitrogens with zero attached hydrogens (tertiary/aromatic N) is 1. The van der Waals surface area contributed by atoms with Gasteiger partial charge >= 0.3 is 5.97 Å². The van der Waals surface area contributed by atoms with E-state index in [0.29, 0.717) is 0 Å². The monoisotopic (exact) mass is 389 g/mol. The molecule has 0 saturated carbocycles. The minimum absolute atomic E-state index is 0.00563. The Kier molecular flexibility index (Phi) is 5.18. The molecule has 3 N–H and O–H groups in total. The molecule has 1 fully saturated rings. The van der Waals surface area contributed by atoms with E-state index in [-0.39, 0.29) is 29.7 Å². The van der Waals surface area contributed by atoms with E-state index in [0.717, 1.165) is 4.90 Å². The van der Waals surface area contributed by atoms with Crippen molar-refractivity contribution in [1.29, 1.82) is 0 Å². The number of benzene rings is 1. The fourth-order valence-corrected chi connectivity index (χ4v) is 3.04. The molecule has 0 aliphatic carbocycles. The lowest BCUT2D eigenvalue weighted by molar-refractivity contribution is -0.143. The van der Waals surface area contributed by atoms with Crippen molar-refractivity contribution < 1.29 is 38.6 Å². The molecular formula is C17H15N3O8. The van der Waals surface area contributed by atoms with Crippen molar-refractivity contribution in [2.45, 2.75) is 18.9 Å². The Bertz CT molecular complexity index is 910. The number of carbonyl (C=O) groups is 6. The van der Waals surface area contributed by atoms with Gasteiger partial charge in [-0.1, -0.05) is 6.07 Å². The summed E-state index contributed by atoms with van der Waals surface area (Å²) in [6.45, 7) is -1.23. The maximum absolute atomic E-state index is 12.8. The smallest absolute Gasteiger partial charge is 0.329 e. The Labute approximate surface area is 157 Å². The number of anilines is 1. The summed E-state index contributed by atoms with van der Waals surface area (Å²) in [6.07, 6.45) is 0.00910. The Morgan fingerprint density at radius 3 is 2.61 bits per heavy atom. The van der Waals surface area contributed by atoms with Crippen LogP contribution in [0.25, 0.3) is 0 Å². The zero-order valence-electron chi connectivity index (χ0n) is 14.4. The quantitative estimate of drug-likeness (QED) is 0.529. The predicted octanol–water partition coefficient (Wildman–Crippen LogP) is -0.873. The second kappa shape index (κ2) is 7.56. The van der Waals surface area contributed by atoms with Crippen LogP contribution >= 0.6 is 0 Å². The van der Waals surface area contributed by atoms with E-state index >= 15 is 0 Å². The fourth-order valence-electron chi connectivity index (χ4n) is 3.04. The number of rotatable bonds is 6. The molecule has 0 bridgehead atoms. The molecule has 1 unspecified atom stereocenters. The number of hydrogen-bond donors (Lipinski definition) is 3. The largest absolute Gasteiger partial charge is 0.480 e. The van der Waals surface area contributed by atoms with E-state index in [1.807, 2.05) is 0 Å². The summed E-state index contributed by atoms with van der Waals surface area (Å²) >= 11 is 0. The first kappa shape index (κ1) is 19.2. The van der Waals surface area contributed by atoms with Crippen molar-refractivity contribution in [3.8, 4) is 0 Å². The number of nitrogens with one attached hydrogen (secondary N) is 2. The molecule has 0 spiro atoms. The first-order chi connectivity index (χ1) is 13.3. The van der Waals surface area contributed by atoms with Gasteiger partial charge < -0.3 is 15.2 Å². The molecule has 0 radical (unpaired) electrons. The predicted molar refractivity (Wildman–Crippen MR) is 90.2 cm³/mol. The van der Waals surface area contributed by atoms with Crippen LogP contribution in [-0.4, -0.2) is 64.8 Å². The molecule has 2 aliphatic heterocycles. The highest BCUT2D eigenvalue weighted by molar-refractivity contribution is 6.26. The molecular weight excluding hydrogens is 374 g/mol. The number of piperidine rings is 1. The standard InChI is InChI=1S/C17H15N3O8/c21-11-5-4-10(15(25)19-11)20-16(26)8-2-1-3-9(14(8)17(20)27)18-12(22)6-28-7-13(23)24/h1-3,10H,4-7H2,(H,18,22)(H,23,24)(H,19,21,25). The molecule has 1 aromatic carbocycles. The van der Waals surface area contributed by atoms with Crippen LogP contribution < -0.4 is 10.6 Å². The minimum atomic E-state index is -1.24. The number of carbonyl (C=O) groups excluding carboxylic acids is 5. The summed E-state index contributed by atoms with van der Waals surface area (Å²) in [5, 5.41) is 13.0. The van der Waals surface area contributed by atoms with E-state index in [9.17, 15) is 28.8 Å². The van der Waals surface area contributed by atoms with Crippen LogP contribution in [0.2, 0.25) is 0 Å². The highest BCUT2D eigenvalue weighted by Crippen LogP contribution is 2.32. The summed E-state index contributed by atoms with van der Waals surface area (Å²) in [6, 6.07) is 3.11. The molecule has 3 rings (SSSR count). The number of amides is 5. The van der Waals surface area contributed by atoms with Crippen LogP contribution in [0.3, 0.4) is 0 Å². The van der Waals surface area contributed by atoms with Crippen LogP contribution in [0.15, 0.2) is 18.2 Å². The van der Waals surface area contributed by atoms with Crippen molar-refractivity contribution in [3.63, 3.8) is 0 Å². The Hall–Kier alpha value is -3.60. The molecule has 11 nitrogen and oxygen atoms in total. The van der Waals surface area contributed by atoms with Gasteiger partial charge in [-0.05, 0) is 18.6 Å². The second-order valence-electron chi connectivity index (χ2n) is 6.11. The zero-order valence-corrected chi connectivity index (χ0v) is 14.4. The second-order valence-corrected chi connectivity index (χ2v) is 6.11. The molecule has 2 heterocycles. The molecule has 11 heteroatoms. The van der Waals surface area contributed by atoms with Crippen LogP contribution in [0.4, 0.5) is 5.69 Å². The van der Waals surface area contributed by atoms with Crippen LogP contribution in [-0.2, 0) is 23.9 Å². The van der Waals surface area contributed by atoms with E-state index in [1.165, 1.54) is 18.2 Å². The van der Waals surface area contributed by atoms with Crippen molar-refractivity contribution in [2.24, 2.45) is 0 Å². The molecule has 1 saturated heterocycles. The molecule has 2 aliphatic rings. The first-order valence-corrected chi connectivity index (χ1v) is 8.23. The molecule has 1 aromatic rings. The highest BCUT2D eigenvalue weighted by Gasteiger charge is 2.45. The fraction of sp³-hybridized carbons (Fsp3) is 0.294. The highest BCUT2D eigenvalue weighted by atomic mass is 16.5. The number of carboxylic acids is 1. The summed E-state index contributed by atoms with van der Waals surface area (Å²) in [7, 11) is 0. The lowest BCUT2D eigenvalue weighted by Crippen LogP contribution is -2.54. The Morgan fingerprint density at radius 2 is 1.93 bits per heavy atom. The minimum Gasteiger partial charge on any atom is -0.480 e. The van der Waals surface area contributed by atoms with Crippen molar-refractivity contribution >= 4 is 41.2 Å². The van der Waals surface area contributed by atoms with Crippen LogP contribution in [0.1, 0.15) is 33.6 Å². The normalized spacial score (nSPS) is 18.7. The number of aliphatic carboxylic acids is 1. The average molecular weight is 389 g/mol. The third kappa shape index (κ3) is 3.60. The number of carboxylic acid groups (broad SMARTS) is 1. The van der Waals surface area contributed by atoms with Crippen molar-refractivity contribution in [2.75, 3.05) is 18.5 Å². The van der Waals surface area contributed by atoms with Crippen molar-refractivity contribution in [3.05, 3.63) is 29.3 Å². The van der Waals surface area contributed by atoms with Gasteiger partial charge in [-0.3, -0.25) is 34.2 Å². The van der Waals surface area contributed by atoms with Gasteiger partial charge in [-0.15, -0.1) is 0 Å². The Balaban J connectivity index is 1.80. The summed E-state index contributed by atoms with van der Waals surface area (Å²) in [5.41, 5.74) is -0.0303. The number of hydrogen-bond acceptors (Lipinski definition) is 7. The van der Waals surface area contributed by atoms with Gasteiger partial charge in [-0.25, -0.2) is 4.79 Å². The van der Waals surface area contributed by atoms with Gasteiger partial charge in [0.1, 0.15) is 19.3 Å². The SMILES string of the molecule is O=C(O)COCC(=O)Nc1cccc2c1C(=O)N(C1CCC(=O)NC1=O)C2=O. The first-order valence-electron chi connectivity index (χ1n) is 8.23. The molecule has 5 amide bonds. The molecule has 1 atom stereocenters. The number of imide groups is 2. The van der Waals surface area contributed by atoms with Gasteiger partial charge in [0.25, 0.3) is 11.8 Å². The van der Waals surface area contributed by atoms with E-state index in [1.54, 1.807) is 0 Å². The lowest BCUT2D eigenvalue weighted by Gasteiger charge is -2.27. The molecule has 146 valence electrons. The maximum Gasteiger partial charge on any atom is 0.329 e.